The molecule has 5 nitrogen and oxygen atoms in total. The molecule has 0 saturated carbocycles. The van der Waals surface area contributed by atoms with Crippen LogP contribution in [0.1, 0.15) is 25.8 Å². The van der Waals surface area contributed by atoms with E-state index in [1.807, 2.05) is 39.1 Å². The predicted octanol–water partition coefficient (Wildman–Crippen LogP) is 2.01. The summed E-state index contributed by atoms with van der Waals surface area (Å²) in [5, 5.41) is 2.97. The highest BCUT2D eigenvalue weighted by Gasteiger charge is 2.32. The Kier molecular flexibility index (Phi) is 4.85. The number of benzene rings is 1. The molecule has 0 radical (unpaired) electrons. The lowest BCUT2D eigenvalue weighted by Gasteiger charge is -2.31. The van der Waals surface area contributed by atoms with Crippen LogP contribution in [0.3, 0.4) is 0 Å². The maximum Gasteiger partial charge on any atom is 0.241 e. The minimum absolute atomic E-state index is 0.0229. The number of nitrogens with two attached hydrogens (primary N) is 1. The van der Waals surface area contributed by atoms with Crippen LogP contribution in [-0.4, -0.2) is 42.6 Å². The van der Waals surface area contributed by atoms with Crippen molar-refractivity contribution in [2.75, 3.05) is 24.7 Å². The van der Waals surface area contributed by atoms with Crippen LogP contribution in [0.25, 0.3) is 0 Å². The van der Waals surface area contributed by atoms with Gasteiger partial charge in [-0.3, -0.25) is 9.69 Å². The fourth-order valence-corrected chi connectivity index (χ4v) is 2.75. The number of carbonyl (C=O) groups is 1. The Bertz CT molecular complexity index is 518. The van der Waals surface area contributed by atoms with Crippen molar-refractivity contribution in [2.24, 2.45) is 0 Å². The van der Waals surface area contributed by atoms with Gasteiger partial charge in [-0.1, -0.05) is 6.07 Å². The molecule has 1 fully saturated rings. The summed E-state index contributed by atoms with van der Waals surface area (Å²) in [5.74, 6) is -0.0229. The van der Waals surface area contributed by atoms with Crippen LogP contribution in [-0.2, 0) is 9.53 Å². The summed E-state index contributed by atoms with van der Waals surface area (Å²) in [5.41, 5.74) is 8.23. The van der Waals surface area contributed by atoms with Crippen LogP contribution in [0.15, 0.2) is 18.2 Å². The van der Waals surface area contributed by atoms with Crippen LogP contribution in [0, 0.1) is 6.92 Å². The Hall–Kier alpha value is -1.59. The van der Waals surface area contributed by atoms with Crippen molar-refractivity contribution in [1.29, 1.82) is 0 Å². The average Bonchev–Trinajstić information content (AvgIpc) is 2.88. The molecule has 3 N–H and O–H groups in total. The second-order valence-electron chi connectivity index (χ2n) is 5.78. The molecule has 2 rings (SSSR count). The van der Waals surface area contributed by atoms with E-state index in [0.717, 1.165) is 24.3 Å². The van der Waals surface area contributed by atoms with Crippen molar-refractivity contribution in [1.82, 2.24) is 4.90 Å². The van der Waals surface area contributed by atoms with Crippen molar-refractivity contribution in [2.45, 2.75) is 45.4 Å². The first kappa shape index (κ1) is 15.8. The predicted molar refractivity (Wildman–Crippen MR) is 85.3 cm³/mol. The third kappa shape index (κ3) is 3.36. The van der Waals surface area contributed by atoms with Gasteiger partial charge in [-0.15, -0.1) is 0 Å². The van der Waals surface area contributed by atoms with Gasteiger partial charge in [0.15, 0.2) is 0 Å². The van der Waals surface area contributed by atoms with E-state index in [-0.39, 0.29) is 24.1 Å². The summed E-state index contributed by atoms with van der Waals surface area (Å²) in [6.07, 6.45) is 1.13. The van der Waals surface area contributed by atoms with Crippen molar-refractivity contribution in [3.05, 3.63) is 23.8 Å². The maximum atomic E-state index is 12.4. The van der Waals surface area contributed by atoms with Crippen molar-refractivity contribution >= 4 is 17.3 Å². The molecular weight excluding hydrogens is 266 g/mol. The summed E-state index contributed by atoms with van der Waals surface area (Å²) in [7, 11) is 1.98. The first-order valence-electron chi connectivity index (χ1n) is 7.41. The highest BCUT2D eigenvalue weighted by molar-refractivity contribution is 5.95. The van der Waals surface area contributed by atoms with Gasteiger partial charge in [-0.2, -0.15) is 0 Å². The quantitative estimate of drug-likeness (QED) is 0.833. The molecule has 1 aliphatic heterocycles. The second-order valence-corrected chi connectivity index (χ2v) is 5.78. The summed E-state index contributed by atoms with van der Waals surface area (Å²) in [6, 6.07) is 5.61. The molecule has 116 valence electrons. The number of nitrogen functional groups attached to an aromatic ring is 1. The first-order chi connectivity index (χ1) is 9.91. The standard InChI is InChI=1S/C16H25N3O2/c1-10-13(17)6-5-7-14(10)18-16(20)11(2)19(4)15-8-9-21-12(15)3/h5-7,11-12,15H,8-9,17H2,1-4H3,(H,18,20). The molecular formula is C16H25N3O2. The summed E-state index contributed by atoms with van der Waals surface area (Å²) >= 11 is 0. The van der Waals surface area contributed by atoms with E-state index >= 15 is 0 Å². The number of likely N-dealkylation sites (N-methyl/N-ethyl adjacent to an activating group) is 1. The normalized spacial score (nSPS) is 23.3. The average molecular weight is 291 g/mol. The Morgan fingerprint density at radius 1 is 1.52 bits per heavy atom. The largest absolute Gasteiger partial charge is 0.398 e. The molecule has 1 amide bonds. The first-order valence-corrected chi connectivity index (χ1v) is 7.41. The van der Waals surface area contributed by atoms with Crippen LogP contribution in [0.4, 0.5) is 11.4 Å². The number of amides is 1. The topological polar surface area (TPSA) is 67.6 Å². The zero-order valence-electron chi connectivity index (χ0n) is 13.2. The molecule has 3 unspecified atom stereocenters. The van der Waals surface area contributed by atoms with Gasteiger partial charge in [0, 0.05) is 24.0 Å². The monoisotopic (exact) mass is 291 g/mol. The van der Waals surface area contributed by atoms with Gasteiger partial charge in [0.1, 0.15) is 0 Å². The molecule has 1 aromatic rings. The highest BCUT2D eigenvalue weighted by Crippen LogP contribution is 2.23. The van der Waals surface area contributed by atoms with Crippen LogP contribution < -0.4 is 11.1 Å². The fourth-order valence-electron chi connectivity index (χ4n) is 2.75. The van der Waals surface area contributed by atoms with Crippen molar-refractivity contribution < 1.29 is 9.53 Å². The molecule has 0 aromatic heterocycles. The van der Waals surface area contributed by atoms with Gasteiger partial charge in [0.05, 0.1) is 12.1 Å². The molecule has 1 saturated heterocycles. The number of ether oxygens (including phenoxy) is 1. The number of nitrogens with one attached hydrogen (secondary N) is 1. The zero-order valence-corrected chi connectivity index (χ0v) is 13.2. The number of hydrogen-bond acceptors (Lipinski definition) is 4. The van der Waals surface area contributed by atoms with E-state index in [2.05, 4.69) is 17.1 Å². The van der Waals surface area contributed by atoms with Gasteiger partial charge in [-0.25, -0.2) is 0 Å². The van der Waals surface area contributed by atoms with Gasteiger partial charge in [0.25, 0.3) is 0 Å². The lowest BCUT2D eigenvalue weighted by Crippen LogP contribution is -2.47. The van der Waals surface area contributed by atoms with E-state index < -0.39 is 0 Å². The SMILES string of the molecule is Cc1c(N)cccc1NC(=O)C(C)N(C)C1CCOC1C. The van der Waals surface area contributed by atoms with E-state index in [4.69, 9.17) is 10.5 Å². The molecule has 1 heterocycles. The molecule has 1 aromatic carbocycles. The van der Waals surface area contributed by atoms with E-state index in [9.17, 15) is 4.79 Å². The molecule has 1 aliphatic rings. The van der Waals surface area contributed by atoms with E-state index in [1.54, 1.807) is 0 Å². The summed E-state index contributed by atoms with van der Waals surface area (Å²) < 4.78 is 5.58. The Morgan fingerprint density at radius 2 is 2.24 bits per heavy atom. The fraction of sp³-hybridized carbons (Fsp3) is 0.562. The van der Waals surface area contributed by atoms with Gasteiger partial charge < -0.3 is 15.8 Å². The minimum Gasteiger partial charge on any atom is -0.398 e. The molecule has 0 bridgehead atoms. The van der Waals surface area contributed by atoms with Crippen LogP contribution in [0.2, 0.25) is 0 Å². The third-order valence-electron chi connectivity index (χ3n) is 4.48. The van der Waals surface area contributed by atoms with Crippen molar-refractivity contribution in [3.8, 4) is 0 Å². The molecule has 0 aliphatic carbocycles. The Balaban J connectivity index is 2.04. The smallest absolute Gasteiger partial charge is 0.241 e. The van der Waals surface area contributed by atoms with E-state index in [0.29, 0.717) is 5.69 Å². The molecule has 3 atom stereocenters. The lowest BCUT2D eigenvalue weighted by atomic mass is 10.1. The molecule has 5 heteroatoms. The lowest BCUT2D eigenvalue weighted by molar-refractivity contribution is -0.121. The number of rotatable bonds is 4. The number of anilines is 2. The van der Waals surface area contributed by atoms with E-state index in [1.165, 1.54) is 0 Å². The highest BCUT2D eigenvalue weighted by atomic mass is 16.5. The van der Waals surface area contributed by atoms with Gasteiger partial charge >= 0.3 is 0 Å². The van der Waals surface area contributed by atoms with Crippen LogP contribution >= 0.6 is 0 Å². The van der Waals surface area contributed by atoms with Crippen molar-refractivity contribution in [3.63, 3.8) is 0 Å². The summed E-state index contributed by atoms with van der Waals surface area (Å²) in [4.78, 5) is 14.5. The minimum atomic E-state index is -0.222. The third-order valence-corrected chi connectivity index (χ3v) is 4.48. The maximum absolute atomic E-state index is 12.4. The second kappa shape index (κ2) is 6.45. The van der Waals surface area contributed by atoms with Gasteiger partial charge in [-0.05, 0) is 51.9 Å². The molecule has 0 spiro atoms. The Labute approximate surface area is 126 Å². The number of hydrogen-bond donors (Lipinski definition) is 2. The zero-order chi connectivity index (χ0) is 15.6. The Morgan fingerprint density at radius 3 is 2.86 bits per heavy atom. The number of nitrogens with zero attached hydrogens (tertiary/aromatic N) is 1. The summed E-state index contributed by atoms with van der Waals surface area (Å²) in [6.45, 7) is 6.65. The molecule has 21 heavy (non-hydrogen) atoms. The number of carbonyl (C=O) groups excluding carboxylic acids is 1. The van der Waals surface area contributed by atoms with Crippen LogP contribution in [0.5, 0.6) is 0 Å². The van der Waals surface area contributed by atoms with Gasteiger partial charge in [0.2, 0.25) is 5.91 Å².